The van der Waals surface area contributed by atoms with Crippen molar-refractivity contribution in [2.24, 2.45) is 11.8 Å². The summed E-state index contributed by atoms with van der Waals surface area (Å²) in [6, 6.07) is 0.390. The number of carbonyl (C=O) groups is 2. The molecule has 2 saturated heterocycles. The van der Waals surface area contributed by atoms with E-state index < -0.39 is 0 Å². The number of hydrogen-bond donors (Lipinski definition) is 2. The highest BCUT2D eigenvalue weighted by molar-refractivity contribution is 5.89. The second-order valence-corrected chi connectivity index (χ2v) is 6.18. The van der Waals surface area contributed by atoms with E-state index in [-0.39, 0.29) is 17.7 Å². The van der Waals surface area contributed by atoms with Crippen molar-refractivity contribution in [3.63, 3.8) is 0 Å². The molecule has 2 amide bonds. The number of piperidine rings is 1. The van der Waals surface area contributed by atoms with Crippen LogP contribution in [0.1, 0.15) is 32.1 Å². The molecule has 106 valence electrons. The number of hydrogen-bond acceptors (Lipinski definition) is 3. The van der Waals surface area contributed by atoms with E-state index in [0.717, 1.165) is 45.3 Å². The second-order valence-electron chi connectivity index (χ2n) is 6.18. The average Bonchev–Trinajstić information content (AvgIpc) is 3.15. The third-order valence-corrected chi connectivity index (χ3v) is 4.45. The summed E-state index contributed by atoms with van der Waals surface area (Å²) in [5.41, 5.74) is 0. The largest absolute Gasteiger partial charge is 0.353 e. The molecule has 1 aliphatic carbocycles. The minimum Gasteiger partial charge on any atom is -0.353 e. The molecular weight excluding hydrogens is 242 g/mol. The van der Waals surface area contributed by atoms with Crippen molar-refractivity contribution in [1.82, 2.24) is 15.5 Å². The highest BCUT2D eigenvalue weighted by Crippen LogP contribution is 2.24. The van der Waals surface area contributed by atoms with E-state index in [2.05, 4.69) is 10.6 Å². The van der Waals surface area contributed by atoms with E-state index in [4.69, 9.17) is 0 Å². The predicted octanol–water partition coefficient (Wildman–Crippen LogP) is 0.113. The first kappa shape index (κ1) is 12.9. The molecule has 3 fully saturated rings. The molecule has 2 aliphatic heterocycles. The molecule has 1 unspecified atom stereocenters. The fourth-order valence-corrected chi connectivity index (χ4v) is 3.05. The van der Waals surface area contributed by atoms with Gasteiger partial charge in [-0.15, -0.1) is 0 Å². The van der Waals surface area contributed by atoms with Gasteiger partial charge in [0, 0.05) is 25.6 Å². The molecule has 1 atom stereocenters. The van der Waals surface area contributed by atoms with E-state index in [0.29, 0.717) is 24.9 Å². The standard InChI is InChI=1S/C14H23N3O2/c18-13-7-11(14(19)16-12-1-2-12)9-17(13)8-10-3-5-15-6-4-10/h10-12,15H,1-9H2,(H,16,19). The summed E-state index contributed by atoms with van der Waals surface area (Å²) >= 11 is 0. The normalized spacial score (nSPS) is 28.7. The van der Waals surface area contributed by atoms with Gasteiger partial charge in [-0.2, -0.15) is 0 Å². The van der Waals surface area contributed by atoms with Crippen LogP contribution in [0.4, 0.5) is 0 Å². The van der Waals surface area contributed by atoms with Gasteiger partial charge in [-0.05, 0) is 44.7 Å². The van der Waals surface area contributed by atoms with Crippen molar-refractivity contribution in [2.45, 2.75) is 38.1 Å². The predicted molar refractivity (Wildman–Crippen MR) is 71.4 cm³/mol. The lowest BCUT2D eigenvalue weighted by Crippen LogP contribution is -2.38. The second kappa shape index (κ2) is 5.49. The number of likely N-dealkylation sites (tertiary alicyclic amines) is 1. The van der Waals surface area contributed by atoms with E-state index in [1.54, 1.807) is 0 Å². The smallest absolute Gasteiger partial charge is 0.225 e. The van der Waals surface area contributed by atoms with Gasteiger partial charge in [0.25, 0.3) is 0 Å². The molecule has 19 heavy (non-hydrogen) atoms. The Kier molecular flexibility index (Phi) is 3.73. The van der Waals surface area contributed by atoms with Crippen molar-refractivity contribution in [3.05, 3.63) is 0 Å². The molecule has 2 N–H and O–H groups in total. The Morgan fingerprint density at radius 1 is 1.26 bits per heavy atom. The van der Waals surface area contributed by atoms with E-state index in [1.807, 2.05) is 4.90 Å². The Hall–Kier alpha value is -1.10. The monoisotopic (exact) mass is 265 g/mol. The third-order valence-electron chi connectivity index (χ3n) is 4.45. The number of carbonyl (C=O) groups excluding carboxylic acids is 2. The van der Waals surface area contributed by atoms with E-state index in [1.165, 1.54) is 0 Å². The topological polar surface area (TPSA) is 61.4 Å². The van der Waals surface area contributed by atoms with Crippen LogP contribution in [-0.4, -0.2) is 48.9 Å². The SMILES string of the molecule is O=C(NC1CC1)C1CC(=O)N(CC2CCNCC2)C1. The van der Waals surface area contributed by atoms with Crippen molar-refractivity contribution in [2.75, 3.05) is 26.2 Å². The van der Waals surface area contributed by atoms with Gasteiger partial charge in [-0.3, -0.25) is 9.59 Å². The highest BCUT2D eigenvalue weighted by atomic mass is 16.2. The molecule has 0 aromatic rings. The van der Waals surface area contributed by atoms with Crippen LogP contribution in [0.2, 0.25) is 0 Å². The summed E-state index contributed by atoms with van der Waals surface area (Å²) in [7, 11) is 0. The van der Waals surface area contributed by atoms with E-state index >= 15 is 0 Å². The maximum absolute atomic E-state index is 12.0. The van der Waals surface area contributed by atoms with Crippen LogP contribution in [-0.2, 0) is 9.59 Å². The number of rotatable bonds is 4. The molecule has 2 heterocycles. The van der Waals surface area contributed by atoms with Gasteiger partial charge in [0.15, 0.2) is 0 Å². The molecule has 0 bridgehead atoms. The van der Waals surface area contributed by atoms with Crippen LogP contribution in [0, 0.1) is 11.8 Å². The van der Waals surface area contributed by atoms with Crippen molar-refractivity contribution in [1.29, 1.82) is 0 Å². The lowest BCUT2D eigenvalue weighted by atomic mass is 9.98. The summed E-state index contributed by atoms with van der Waals surface area (Å²) < 4.78 is 0. The fourth-order valence-electron chi connectivity index (χ4n) is 3.05. The molecule has 1 saturated carbocycles. The summed E-state index contributed by atoms with van der Waals surface area (Å²) in [6.07, 6.45) is 4.89. The zero-order valence-electron chi connectivity index (χ0n) is 11.4. The highest BCUT2D eigenvalue weighted by Gasteiger charge is 2.37. The quantitative estimate of drug-likeness (QED) is 0.758. The molecule has 0 aromatic heterocycles. The molecule has 0 aromatic carbocycles. The molecule has 0 spiro atoms. The number of nitrogens with zero attached hydrogens (tertiary/aromatic N) is 1. The lowest BCUT2D eigenvalue weighted by molar-refractivity contribution is -0.129. The van der Waals surface area contributed by atoms with Crippen LogP contribution in [0.25, 0.3) is 0 Å². The minimum atomic E-state index is -0.116. The Morgan fingerprint density at radius 3 is 2.68 bits per heavy atom. The van der Waals surface area contributed by atoms with Crippen LogP contribution in [0.5, 0.6) is 0 Å². The number of nitrogens with one attached hydrogen (secondary N) is 2. The molecular formula is C14H23N3O2. The minimum absolute atomic E-state index is 0.0867. The summed E-state index contributed by atoms with van der Waals surface area (Å²) in [6.45, 7) is 3.58. The van der Waals surface area contributed by atoms with Crippen LogP contribution < -0.4 is 10.6 Å². The molecule has 3 aliphatic rings. The third kappa shape index (κ3) is 3.26. The van der Waals surface area contributed by atoms with Crippen molar-refractivity contribution < 1.29 is 9.59 Å². The first-order chi connectivity index (χ1) is 9.22. The van der Waals surface area contributed by atoms with Crippen molar-refractivity contribution >= 4 is 11.8 Å². The van der Waals surface area contributed by atoms with Gasteiger partial charge in [0.05, 0.1) is 5.92 Å². The Labute approximate surface area is 114 Å². The van der Waals surface area contributed by atoms with Gasteiger partial charge in [-0.1, -0.05) is 0 Å². The van der Waals surface area contributed by atoms with Crippen molar-refractivity contribution in [3.8, 4) is 0 Å². The van der Waals surface area contributed by atoms with Gasteiger partial charge in [0.2, 0.25) is 11.8 Å². The van der Waals surface area contributed by atoms with Crippen LogP contribution in [0.15, 0.2) is 0 Å². The molecule has 0 radical (unpaired) electrons. The number of amides is 2. The Balaban J connectivity index is 1.49. The average molecular weight is 265 g/mol. The zero-order chi connectivity index (χ0) is 13.2. The first-order valence-corrected chi connectivity index (χ1v) is 7.51. The van der Waals surface area contributed by atoms with Crippen LogP contribution >= 0.6 is 0 Å². The van der Waals surface area contributed by atoms with Gasteiger partial charge < -0.3 is 15.5 Å². The first-order valence-electron chi connectivity index (χ1n) is 7.51. The molecule has 5 nitrogen and oxygen atoms in total. The Morgan fingerprint density at radius 2 is 2.00 bits per heavy atom. The zero-order valence-corrected chi connectivity index (χ0v) is 11.4. The van der Waals surface area contributed by atoms with Gasteiger partial charge in [-0.25, -0.2) is 0 Å². The molecule has 5 heteroatoms. The summed E-state index contributed by atoms with van der Waals surface area (Å²) in [5, 5.41) is 6.35. The summed E-state index contributed by atoms with van der Waals surface area (Å²) in [4.78, 5) is 25.9. The Bertz CT molecular complexity index is 362. The van der Waals surface area contributed by atoms with Crippen LogP contribution in [0.3, 0.4) is 0 Å². The molecule has 3 rings (SSSR count). The fraction of sp³-hybridized carbons (Fsp3) is 0.857. The van der Waals surface area contributed by atoms with Gasteiger partial charge >= 0.3 is 0 Å². The lowest BCUT2D eigenvalue weighted by Gasteiger charge is -2.27. The van der Waals surface area contributed by atoms with E-state index in [9.17, 15) is 9.59 Å². The van der Waals surface area contributed by atoms with Gasteiger partial charge in [0.1, 0.15) is 0 Å². The maximum atomic E-state index is 12.0. The maximum Gasteiger partial charge on any atom is 0.225 e. The summed E-state index contributed by atoms with van der Waals surface area (Å²) in [5.74, 6) is 0.739.